The number of amides is 4. The Labute approximate surface area is 185 Å². The molecule has 1 aliphatic rings. The maximum absolute atomic E-state index is 12.9. The number of rotatable bonds is 4. The van der Waals surface area contributed by atoms with E-state index in [1.54, 1.807) is 37.3 Å². The molecule has 1 aliphatic heterocycles. The van der Waals surface area contributed by atoms with Crippen molar-refractivity contribution in [3.8, 4) is 11.8 Å². The van der Waals surface area contributed by atoms with E-state index in [1.165, 1.54) is 12.1 Å². The molecule has 1 fully saturated rings. The molecule has 0 aromatic heterocycles. The van der Waals surface area contributed by atoms with Crippen LogP contribution >= 0.6 is 34.2 Å². The zero-order valence-corrected chi connectivity index (χ0v) is 17.9. The molecule has 146 valence electrons. The van der Waals surface area contributed by atoms with Crippen LogP contribution in [0.15, 0.2) is 42.0 Å². The quantitative estimate of drug-likeness (QED) is 0.375. The van der Waals surface area contributed by atoms with Crippen molar-refractivity contribution < 1.29 is 19.1 Å². The second kappa shape index (κ2) is 8.63. The Morgan fingerprint density at radius 3 is 2.66 bits per heavy atom. The van der Waals surface area contributed by atoms with Gasteiger partial charge in [-0.3, -0.25) is 14.9 Å². The summed E-state index contributed by atoms with van der Waals surface area (Å²) in [6.45, 7) is 1.71. The van der Waals surface area contributed by atoms with Gasteiger partial charge in [-0.15, -0.1) is 0 Å². The number of nitrogens with zero attached hydrogens (tertiary/aromatic N) is 2. The highest BCUT2D eigenvalue weighted by Gasteiger charge is 2.37. The molecule has 9 heteroatoms. The molecule has 7 nitrogen and oxygen atoms in total. The van der Waals surface area contributed by atoms with Gasteiger partial charge in [0.15, 0.2) is 6.61 Å². The van der Waals surface area contributed by atoms with Gasteiger partial charge in [-0.25, -0.2) is 9.69 Å². The van der Waals surface area contributed by atoms with Gasteiger partial charge >= 0.3 is 6.03 Å². The van der Waals surface area contributed by atoms with Crippen LogP contribution in [0.3, 0.4) is 0 Å². The van der Waals surface area contributed by atoms with Crippen molar-refractivity contribution >= 4 is 63.8 Å². The molecule has 4 amide bonds. The van der Waals surface area contributed by atoms with Crippen molar-refractivity contribution in [3.63, 3.8) is 0 Å². The fraction of sp³-hybridized carbons (Fsp3) is 0.100. The Morgan fingerprint density at radius 1 is 1.24 bits per heavy atom. The number of carbonyl (C=O) groups is 3. The fourth-order valence-electron chi connectivity index (χ4n) is 2.61. The Kier molecular flexibility index (Phi) is 6.20. The van der Waals surface area contributed by atoms with E-state index in [2.05, 4.69) is 5.32 Å². The number of nitriles is 1. The number of aryl methyl sites for hydroxylation is 1. The first kappa shape index (κ1) is 20.8. The maximum atomic E-state index is 12.9. The average molecular weight is 522 g/mol. The van der Waals surface area contributed by atoms with Gasteiger partial charge in [-0.05, 0) is 71.0 Å². The number of nitrogens with one attached hydrogen (secondary N) is 1. The summed E-state index contributed by atoms with van der Waals surface area (Å²) in [5, 5.41) is 11.2. The van der Waals surface area contributed by atoms with Gasteiger partial charge in [0.1, 0.15) is 17.4 Å². The van der Waals surface area contributed by atoms with E-state index in [0.29, 0.717) is 19.9 Å². The zero-order chi connectivity index (χ0) is 21.1. The summed E-state index contributed by atoms with van der Waals surface area (Å²) in [5.74, 6) is -1.02. The van der Waals surface area contributed by atoms with Gasteiger partial charge in [0.25, 0.3) is 11.8 Å². The van der Waals surface area contributed by atoms with Crippen LogP contribution in [0.25, 0.3) is 6.08 Å². The van der Waals surface area contributed by atoms with Crippen molar-refractivity contribution in [1.29, 1.82) is 5.26 Å². The Bertz CT molecular complexity index is 1110. The largest absolute Gasteiger partial charge is 0.478 e. The number of halogens is 2. The lowest BCUT2D eigenvalue weighted by atomic mass is 10.1. The number of benzene rings is 2. The van der Waals surface area contributed by atoms with Crippen LogP contribution in [0.4, 0.5) is 10.5 Å². The molecule has 1 saturated heterocycles. The molecule has 0 atom stereocenters. The summed E-state index contributed by atoms with van der Waals surface area (Å²) in [7, 11) is 0. The molecular formula is C20H13ClIN3O4. The summed E-state index contributed by atoms with van der Waals surface area (Å²) in [4.78, 5) is 38.3. The van der Waals surface area contributed by atoms with E-state index >= 15 is 0 Å². The van der Waals surface area contributed by atoms with Gasteiger partial charge in [-0.2, -0.15) is 5.26 Å². The van der Waals surface area contributed by atoms with E-state index in [-0.39, 0.29) is 17.9 Å². The fourth-order valence-corrected chi connectivity index (χ4v) is 3.48. The van der Waals surface area contributed by atoms with Gasteiger partial charge in [0, 0.05) is 5.02 Å². The van der Waals surface area contributed by atoms with Crippen LogP contribution in [-0.4, -0.2) is 24.5 Å². The number of barbiturate groups is 1. The molecule has 1 heterocycles. The van der Waals surface area contributed by atoms with Crippen LogP contribution in [-0.2, 0) is 9.59 Å². The monoisotopic (exact) mass is 521 g/mol. The normalized spacial score (nSPS) is 15.3. The Balaban J connectivity index is 1.96. The highest BCUT2D eigenvalue weighted by Crippen LogP contribution is 2.28. The summed E-state index contributed by atoms with van der Waals surface area (Å²) in [6.07, 6.45) is 1.39. The minimum atomic E-state index is -0.841. The Hall–Kier alpha value is -2.90. The van der Waals surface area contributed by atoms with Crippen LogP contribution in [0.2, 0.25) is 5.02 Å². The molecule has 0 bridgehead atoms. The standard InChI is InChI=1S/C20H13ClIN3O4/c1-11-2-4-13(10-15(11)21)25-19(27)14(18(26)24-20(25)28)8-12-3-5-17(16(22)9-12)29-7-6-23/h2-5,8-10H,7H2,1H3,(H,24,26,28)/b14-8-. The van der Waals surface area contributed by atoms with Crippen molar-refractivity contribution in [2.75, 3.05) is 11.5 Å². The number of imide groups is 2. The van der Waals surface area contributed by atoms with Gasteiger partial charge < -0.3 is 4.74 Å². The van der Waals surface area contributed by atoms with Gasteiger partial charge in [0.05, 0.1) is 9.26 Å². The molecule has 0 unspecified atom stereocenters. The van der Waals surface area contributed by atoms with E-state index < -0.39 is 17.8 Å². The lowest BCUT2D eigenvalue weighted by Gasteiger charge is -2.26. The minimum Gasteiger partial charge on any atom is -0.478 e. The first-order valence-electron chi connectivity index (χ1n) is 8.28. The minimum absolute atomic E-state index is 0.0898. The third kappa shape index (κ3) is 4.41. The van der Waals surface area contributed by atoms with Crippen molar-refractivity contribution in [3.05, 3.63) is 61.7 Å². The molecule has 0 spiro atoms. The molecule has 0 aliphatic carbocycles. The first-order chi connectivity index (χ1) is 13.8. The van der Waals surface area contributed by atoms with Crippen LogP contribution < -0.4 is 15.0 Å². The summed E-state index contributed by atoms with van der Waals surface area (Å²) >= 11 is 8.13. The number of anilines is 1. The van der Waals surface area contributed by atoms with E-state index in [0.717, 1.165) is 10.5 Å². The Morgan fingerprint density at radius 2 is 2.00 bits per heavy atom. The van der Waals surface area contributed by atoms with Crippen molar-refractivity contribution in [2.45, 2.75) is 6.92 Å². The van der Waals surface area contributed by atoms with E-state index in [9.17, 15) is 14.4 Å². The van der Waals surface area contributed by atoms with E-state index in [1.807, 2.05) is 28.7 Å². The molecule has 1 N–H and O–H groups in total. The second-order valence-electron chi connectivity index (χ2n) is 6.03. The highest BCUT2D eigenvalue weighted by atomic mass is 127. The lowest BCUT2D eigenvalue weighted by molar-refractivity contribution is -0.122. The number of carbonyl (C=O) groups excluding carboxylic acids is 3. The van der Waals surface area contributed by atoms with E-state index in [4.69, 9.17) is 21.6 Å². The summed E-state index contributed by atoms with van der Waals surface area (Å²) in [5.41, 5.74) is 1.42. The van der Waals surface area contributed by atoms with Crippen LogP contribution in [0, 0.1) is 21.8 Å². The first-order valence-corrected chi connectivity index (χ1v) is 9.74. The predicted octanol–water partition coefficient (Wildman–Crippen LogP) is 3.82. The number of ether oxygens (including phenoxy) is 1. The molecule has 0 saturated carbocycles. The molecule has 0 radical (unpaired) electrons. The SMILES string of the molecule is Cc1ccc(N2C(=O)NC(=O)/C(=C/c3ccc(OCC#N)c(I)c3)C2=O)cc1Cl. The van der Waals surface area contributed by atoms with Gasteiger partial charge in [-0.1, -0.05) is 23.7 Å². The molecule has 29 heavy (non-hydrogen) atoms. The smallest absolute Gasteiger partial charge is 0.335 e. The zero-order valence-electron chi connectivity index (χ0n) is 15.0. The molecule has 2 aromatic rings. The van der Waals surface area contributed by atoms with Gasteiger partial charge in [0.2, 0.25) is 0 Å². The topological polar surface area (TPSA) is 99.5 Å². The number of urea groups is 1. The summed E-state index contributed by atoms with van der Waals surface area (Å²) in [6, 6.07) is 10.8. The lowest BCUT2D eigenvalue weighted by Crippen LogP contribution is -2.54. The molecule has 2 aromatic carbocycles. The van der Waals surface area contributed by atoms with Crippen molar-refractivity contribution in [1.82, 2.24) is 5.32 Å². The average Bonchev–Trinajstić information content (AvgIpc) is 2.67. The van der Waals surface area contributed by atoms with Crippen LogP contribution in [0.5, 0.6) is 5.75 Å². The maximum Gasteiger partial charge on any atom is 0.335 e. The number of hydrogen-bond donors (Lipinski definition) is 1. The van der Waals surface area contributed by atoms with Crippen molar-refractivity contribution in [2.24, 2.45) is 0 Å². The highest BCUT2D eigenvalue weighted by molar-refractivity contribution is 14.1. The molecular weight excluding hydrogens is 509 g/mol. The summed E-state index contributed by atoms with van der Waals surface area (Å²) < 4.78 is 5.98. The van der Waals surface area contributed by atoms with Crippen LogP contribution in [0.1, 0.15) is 11.1 Å². The third-order valence-corrected chi connectivity index (χ3v) is 5.32. The molecule has 3 rings (SSSR count). The predicted molar refractivity (Wildman–Crippen MR) is 115 cm³/mol. The third-order valence-electron chi connectivity index (χ3n) is 4.07. The number of hydrogen-bond acceptors (Lipinski definition) is 5. The second-order valence-corrected chi connectivity index (χ2v) is 7.60.